The summed E-state index contributed by atoms with van der Waals surface area (Å²) >= 11 is 0. The third-order valence-corrected chi connectivity index (χ3v) is 1.95. The molecule has 8 heteroatoms. The Labute approximate surface area is 78.6 Å². The van der Waals surface area contributed by atoms with Gasteiger partial charge in [-0.05, 0) is 12.2 Å². The molecule has 0 saturated heterocycles. The molecule has 0 aliphatic heterocycles. The number of alkyl halides is 8. The van der Waals surface area contributed by atoms with Gasteiger partial charge in [0.1, 0.15) is 0 Å². The fourth-order valence-electron chi connectivity index (χ4n) is 1.01. The second-order valence-corrected chi connectivity index (χ2v) is 3.03. The van der Waals surface area contributed by atoms with Crippen LogP contribution in [0.3, 0.4) is 0 Å². The van der Waals surface area contributed by atoms with Gasteiger partial charge in [0.15, 0.2) is 6.17 Å². The average molecular weight is 240 g/mol. The molecule has 0 amide bonds. The zero-order valence-electron chi connectivity index (χ0n) is 6.83. The molecular formula is C7H4F8. The zero-order valence-corrected chi connectivity index (χ0v) is 6.83. The van der Waals surface area contributed by atoms with E-state index in [0.29, 0.717) is 0 Å². The minimum atomic E-state index is -5.96. The standard InChI is InChI=1S/C7H4F8/c8-3-1-2-5(10,11)7(14,15)6(12,13)4(3)9/h1-4H. The van der Waals surface area contributed by atoms with Crippen LogP contribution in [0, 0.1) is 0 Å². The summed E-state index contributed by atoms with van der Waals surface area (Å²) in [6.07, 6.45) is -8.28. The lowest BCUT2D eigenvalue weighted by molar-refractivity contribution is -0.310. The van der Waals surface area contributed by atoms with E-state index in [1.165, 1.54) is 0 Å². The zero-order chi connectivity index (χ0) is 12.1. The van der Waals surface area contributed by atoms with Crippen LogP contribution in [0.1, 0.15) is 0 Å². The van der Waals surface area contributed by atoms with Crippen molar-refractivity contribution < 1.29 is 35.1 Å². The molecule has 2 unspecified atom stereocenters. The molecule has 0 heterocycles. The van der Waals surface area contributed by atoms with Gasteiger partial charge in [-0.15, -0.1) is 0 Å². The van der Waals surface area contributed by atoms with Crippen molar-refractivity contribution >= 4 is 0 Å². The highest BCUT2D eigenvalue weighted by Crippen LogP contribution is 2.51. The van der Waals surface area contributed by atoms with E-state index in [2.05, 4.69) is 0 Å². The van der Waals surface area contributed by atoms with Crippen LogP contribution in [0.2, 0.25) is 0 Å². The van der Waals surface area contributed by atoms with Crippen LogP contribution >= 0.6 is 0 Å². The molecule has 88 valence electrons. The fraction of sp³-hybridized carbons (Fsp3) is 0.714. The molecule has 0 aromatic rings. The van der Waals surface area contributed by atoms with Gasteiger partial charge in [-0.25, -0.2) is 8.78 Å². The summed E-state index contributed by atoms with van der Waals surface area (Å²) < 4.78 is 99.7. The maximum atomic E-state index is 12.5. The SMILES string of the molecule is FC1C=CC(F)(F)C(F)(F)C(F)(F)C1F. The van der Waals surface area contributed by atoms with Crippen LogP contribution in [-0.2, 0) is 0 Å². The molecule has 1 aliphatic rings. The van der Waals surface area contributed by atoms with Gasteiger partial charge < -0.3 is 0 Å². The van der Waals surface area contributed by atoms with Crippen molar-refractivity contribution in [3.63, 3.8) is 0 Å². The summed E-state index contributed by atoms with van der Waals surface area (Å²) in [4.78, 5) is 0. The predicted octanol–water partition coefficient (Wildman–Crippen LogP) is 3.14. The largest absolute Gasteiger partial charge is 0.378 e. The molecule has 15 heavy (non-hydrogen) atoms. The summed E-state index contributed by atoms with van der Waals surface area (Å²) in [6, 6.07) is 0. The Hall–Kier alpha value is -0.820. The Balaban J connectivity index is 3.30. The van der Waals surface area contributed by atoms with Crippen molar-refractivity contribution in [2.45, 2.75) is 30.1 Å². The summed E-state index contributed by atoms with van der Waals surface area (Å²) in [5.74, 6) is -17.0. The first-order chi connectivity index (χ1) is 6.54. The number of allylic oxidation sites excluding steroid dienone is 2. The van der Waals surface area contributed by atoms with Gasteiger partial charge in [-0.3, -0.25) is 0 Å². The van der Waals surface area contributed by atoms with E-state index in [4.69, 9.17) is 0 Å². The van der Waals surface area contributed by atoms with Gasteiger partial charge >= 0.3 is 17.8 Å². The minimum absolute atomic E-state index is 0.334. The van der Waals surface area contributed by atoms with Crippen molar-refractivity contribution in [1.29, 1.82) is 0 Å². The Morgan fingerprint density at radius 2 is 1.33 bits per heavy atom. The Kier molecular flexibility index (Phi) is 2.52. The number of hydrogen-bond acceptors (Lipinski definition) is 0. The summed E-state index contributed by atoms with van der Waals surface area (Å²) in [5.41, 5.74) is 0. The van der Waals surface area contributed by atoms with Gasteiger partial charge in [0, 0.05) is 0 Å². The molecule has 0 aromatic heterocycles. The Morgan fingerprint density at radius 3 is 1.80 bits per heavy atom. The van der Waals surface area contributed by atoms with Crippen molar-refractivity contribution in [1.82, 2.24) is 0 Å². The summed E-state index contributed by atoms with van der Waals surface area (Å²) in [5, 5.41) is 0. The molecule has 0 spiro atoms. The van der Waals surface area contributed by atoms with Gasteiger partial charge in [0.25, 0.3) is 0 Å². The third-order valence-electron chi connectivity index (χ3n) is 1.95. The number of rotatable bonds is 0. The van der Waals surface area contributed by atoms with Crippen LogP contribution in [0.25, 0.3) is 0 Å². The molecule has 0 saturated carbocycles. The van der Waals surface area contributed by atoms with Gasteiger partial charge in [0.05, 0.1) is 0 Å². The lowest BCUT2D eigenvalue weighted by Crippen LogP contribution is -2.57. The topological polar surface area (TPSA) is 0 Å². The average Bonchev–Trinajstić information content (AvgIpc) is 2.13. The summed E-state index contributed by atoms with van der Waals surface area (Å²) in [6.45, 7) is 0. The monoisotopic (exact) mass is 240 g/mol. The van der Waals surface area contributed by atoms with Crippen molar-refractivity contribution in [3.8, 4) is 0 Å². The smallest absolute Gasteiger partial charge is 0.239 e. The van der Waals surface area contributed by atoms with Crippen LogP contribution in [-0.4, -0.2) is 30.1 Å². The summed E-state index contributed by atoms with van der Waals surface area (Å²) in [7, 11) is 0. The van der Waals surface area contributed by atoms with Gasteiger partial charge in [0.2, 0.25) is 6.17 Å². The number of halogens is 8. The molecule has 0 radical (unpaired) electrons. The maximum Gasteiger partial charge on any atom is 0.378 e. The first kappa shape index (κ1) is 12.3. The predicted molar refractivity (Wildman–Crippen MR) is 33.8 cm³/mol. The molecule has 1 aliphatic carbocycles. The van der Waals surface area contributed by atoms with E-state index in [-0.39, 0.29) is 6.08 Å². The first-order valence-electron chi connectivity index (χ1n) is 3.65. The lowest BCUT2D eigenvalue weighted by Gasteiger charge is -2.31. The highest BCUT2D eigenvalue weighted by atomic mass is 19.3. The molecular weight excluding hydrogens is 236 g/mol. The molecule has 0 N–H and O–H groups in total. The second kappa shape index (κ2) is 3.08. The van der Waals surface area contributed by atoms with E-state index in [1.807, 2.05) is 0 Å². The van der Waals surface area contributed by atoms with Gasteiger partial charge in [-0.1, -0.05) is 0 Å². The molecule has 0 fully saturated rings. The highest BCUT2D eigenvalue weighted by molar-refractivity contribution is 5.17. The normalized spacial score (nSPS) is 37.3. The van der Waals surface area contributed by atoms with Crippen molar-refractivity contribution in [2.75, 3.05) is 0 Å². The van der Waals surface area contributed by atoms with E-state index in [9.17, 15) is 35.1 Å². The first-order valence-corrected chi connectivity index (χ1v) is 3.65. The fourth-order valence-corrected chi connectivity index (χ4v) is 1.01. The molecule has 1 rings (SSSR count). The Morgan fingerprint density at radius 1 is 0.867 bits per heavy atom. The molecule has 0 aromatic carbocycles. The quantitative estimate of drug-likeness (QED) is 0.450. The molecule has 0 nitrogen and oxygen atoms in total. The molecule has 2 atom stereocenters. The van der Waals surface area contributed by atoms with Gasteiger partial charge in [-0.2, -0.15) is 26.3 Å². The van der Waals surface area contributed by atoms with E-state index >= 15 is 0 Å². The van der Waals surface area contributed by atoms with Crippen LogP contribution in [0.15, 0.2) is 12.2 Å². The van der Waals surface area contributed by atoms with Crippen molar-refractivity contribution in [3.05, 3.63) is 12.2 Å². The van der Waals surface area contributed by atoms with Crippen LogP contribution in [0.4, 0.5) is 35.1 Å². The highest BCUT2D eigenvalue weighted by Gasteiger charge is 2.75. The molecule has 0 bridgehead atoms. The Bertz CT molecular complexity index is 281. The van der Waals surface area contributed by atoms with Crippen LogP contribution < -0.4 is 0 Å². The van der Waals surface area contributed by atoms with Crippen LogP contribution in [0.5, 0.6) is 0 Å². The van der Waals surface area contributed by atoms with E-state index in [1.54, 1.807) is 0 Å². The van der Waals surface area contributed by atoms with E-state index < -0.39 is 36.2 Å². The number of hydrogen-bond donors (Lipinski definition) is 0. The maximum absolute atomic E-state index is 12.5. The second-order valence-electron chi connectivity index (χ2n) is 3.03. The van der Waals surface area contributed by atoms with E-state index in [0.717, 1.165) is 0 Å². The minimum Gasteiger partial charge on any atom is -0.239 e. The van der Waals surface area contributed by atoms with Crippen molar-refractivity contribution in [2.24, 2.45) is 0 Å². The lowest BCUT2D eigenvalue weighted by atomic mass is 10.0. The third kappa shape index (κ3) is 1.50.